The lowest BCUT2D eigenvalue weighted by Gasteiger charge is -2.22. The number of rotatable bonds is 9. The van der Waals surface area contributed by atoms with Crippen molar-refractivity contribution >= 4 is 41.7 Å². The van der Waals surface area contributed by atoms with Gasteiger partial charge in [0.25, 0.3) is 0 Å². The molecule has 1 heterocycles. The van der Waals surface area contributed by atoms with Crippen molar-refractivity contribution in [2.75, 3.05) is 31.3 Å². The molecule has 1 fully saturated rings. The second kappa shape index (κ2) is 13.0. The Kier molecular flexibility index (Phi) is 11.4. The van der Waals surface area contributed by atoms with E-state index in [1.54, 1.807) is 11.8 Å². The van der Waals surface area contributed by atoms with E-state index in [9.17, 15) is 9.59 Å². The third-order valence-electron chi connectivity index (χ3n) is 4.40. The molecule has 0 saturated carbocycles. The Bertz CT molecular complexity index is 565. The van der Waals surface area contributed by atoms with Gasteiger partial charge in [-0.3, -0.25) is 9.59 Å². The first-order valence-corrected chi connectivity index (χ1v) is 10.1. The monoisotopic (exact) mass is 400 g/mol. The summed E-state index contributed by atoms with van der Waals surface area (Å²) in [6, 6.07) is 7.92. The second-order valence-corrected chi connectivity index (χ2v) is 7.46. The van der Waals surface area contributed by atoms with Crippen LogP contribution < -0.4 is 10.6 Å². The van der Waals surface area contributed by atoms with E-state index in [-0.39, 0.29) is 24.3 Å². The minimum absolute atomic E-state index is 0. The number of hydrogen-bond donors (Lipinski definition) is 2. The van der Waals surface area contributed by atoms with E-state index in [0.29, 0.717) is 18.8 Å². The van der Waals surface area contributed by atoms with Gasteiger partial charge in [0.1, 0.15) is 0 Å². The fourth-order valence-electron chi connectivity index (χ4n) is 2.92. The zero-order chi connectivity index (χ0) is 17.9. The topological polar surface area (TPSA) is 67.4 Å². The number of carbonyl (C=O) groups is 2. The quantitative estimate of drug-likeness (QED) is 0.489. The van der Waals surface area contributed by atoms with Gasteiger partial charge in [0.2, 0.25) is 5.91 Å². The molecule has 26 heavy (non-hydrogen) atoms. The molecule has 1 saturated heterocycles. The zero-order valence-corrected chi connectivity index (χ0v) is 16.9. The van der Waals surface area contributed by atoms with Gasteiger partial charge in [0, 0.05) is 23.6 Å². The zero-order valence-electron chi connectivity index (χ0n) is 15.3. The minimum Gasteiger partial charge on any atom is -0.469 e. The minimum atomic E-state index is -0.178. The lowest BCUT2D eigenvalue weighted by atomic mass is 9.93. The van der Waals surface area contributed by atoms with Gasteiger partial charge in [0.05, 0.1) is 13.5 Å². The normalized spacial score (nSPS) is 14.3. The number of amides is 1. The molecule has 1 aromatic carbocycles. The fraction of sp³-hybridized carbons (Fsp3) is 0.579. The third kappa shape index (κ3) is 8.92. The fourth-order valence-corrected chi connectivity index (χ4v) is 3.79. The summed E-state index contributed by atoms with van der Waals surface area (Å²) in [5.41, 5.74) is 1.99. The number of benzene rings is 1. The summed E-state index contributed by atoms with van der Waals surface area (Å²) in [7, 11) is 1.41. The molecule has 0 radical (unpaired) electrons. The molecule has 1 aromatic rings. The Balaban J connectivity index is 0.00000338. The molecule has 0 aromatic heterocycles. The highest BCUT2D eigenvalue weighted by atomic mass is 35.5. The van der Waals surface area contributed by atoms with Crippen molar-refractivity contribution in [3.05, 3.63) is 29.8 Å². The number of esters is 1. The number of ether oxygens (including phenoxy) is 1. The van der Waals surface area contributed by atoms with Gasteiger partial charge in [0.15, 0.2) is 0 Å². The first kappa shape index (κ1) is 22.8. The van der Waals surface area contributed by atoms with E-state index in [2.05, 4.69) is 15.4 Å². The third-order valence-corrected chi connectivity index (χ3v) is 5.43. The first-order chi connectivity index (χ1) is 12.2. The lowest BCUT2D eigenvalue weighted by Crippen LogP contribution is -2.28. The van der Waals surface area contributed by atoms with E-state index in [0.717, 1.165) is 42.3 Å². The number of methoxy groups -OCH3 is 1. The molecule has 0 aliphatic carbocycles. The number of hydrogen-bond acceptors (Lipinski definition) is 5. The summed E-state index contributed by atoms with van der Waals surface area (Å²) in [6.45, 7) is 2.14. The van der Waals surface area contributed by atoms with E-state index in [1.165, 1.54) is 20.0 Å². The maximum atomic E-state index is 12.2. The molecule has 1 amide bonds. The van der Waals surface area contributed by atoms with Crippen molar-refractivity contribution in [1.29, 1.82) is 0 Å². The van der Waals surface area contributed by atoms with Crippen molar-refractivity contribution in [3.63, 3.8) is 0 Å². The molecule has 2 N–H and O–H groups in total. The highest BCUT2D eigenvalue weighted by molar-refractivity contribution is 7.98. The average Bonchev–Trinajstić information content (AvgIpc) is 2.64. The van der Waals surface area contributed by atoms with Crippen LogP contribution in [0.15, 0.2) is 24.3 Å². The van der Waals surface area contributed by atoms with Crippen LogP contribution in [0.3, 0.4) is 0 Å². The highest BCUT2D eigenvalue weighted by Gasteiger charge is 2.14. The number of carbonyl (C=O) groups excluding carboxylic acids is 2. The van der Waals surface area contributed by atoms with Crippen LogP contribution in [0.5, 0.6) is 0 Å². The first-order valence-electron chi connectivity index (χ1n) is 8.91. The molecule has 2 rings (SSSR count). The van der Waals surface area contributed by atoms with Gasteiger partial charge in [-0.2, -0.15) is 11.8 Å². The Morgan fingerprint density at radius 3 is 2.77 bits per heavy atom. The largest absolute Gasteiger partial charge is 0.469 e. The van der Waals surface area contributed by atoms with Gasteiger partial charge in [-0.25, -0.2) is 0 Å². The molecule has 1 aliphatic heterocycles. The average molecular weight is 401 g/mol. The van der Waals surface area contributed by atoms with Crippen LogP contribution in [0.4, 0.5) is 5.69 Å². The smallest absolute Gasteiger partial charge is 0.306 e. The maximum absolute atomic E-state index is 12.2. The molecule has 7 heteroatoms. The number of nitrogens with one attached hydrogen (secondary N) is 2. The van der Waals surface area contributed by atoms with Gasteiger partial charge in [-0.1, -0.05) is 12.1 Å². The SMILES string of the molecule is COC(=O)CCSCc1cccc(NC(=O)CCC2CCNCC2)c1.Cl. The Morgan fingerprint density at radius 2 is 2.04 bits per heavy atom. The number of anilines is 1. The number of thioether (sulfide) groups is 1. The molecule has 0 spiro atoms. The molecule has 5 nitrogen and oxygen atoms in total. The standard InChI is InChI=1S/C19H28N2O3S.ClH/c1-24-19(23)9-12-25-14-16-3-2-4-17(13-16)21-18(22)6-5-15-7-10-20-11-8-15;/h2-4,13,15,20H,5-12,14H2,1H3,(H,21,22);1H. The van der Waals surface area contributed by atoms with E-state index in [4.69, 9.17) is 0 Å². The van der Waals surface area contributed by atoms with Crippen molar-refractivity contribution in [2.45, 2.75) is 37.9 Å². The van der Waals surface area contributed by atoms with Gasteiger partial charge < -0.3 is 15.4 Å². The molecular weight excluding hydrogens is 372 g/mol. The lowest BCUT2D eigenvalue weighted by molar-refractivity contribution is -0.140. The van der Waals surface area contributed by atoms with Crippen LogP contribution in [0.1, 0.15) is 37.7 Å². The van der Waals surface area contributed by atoms with E-state index >= 15 is 0 Å². The summed E-state index contributed by atoms with van der Waals surface area (Å²) < 4.78 is 4.63. The summed E-state index contributed by atoms with van der Waals surface area (Å²) >= 11 is 1.69. The predicted molar refractivity (Wildman–Crippen MR) is 110 cm³/mol. The van der Waals surface area contributed by atoms with E-state index in [1.807, 2.05) is 24.3 Å². The van der Waals surface area contributed by atoms with Crippen molar-refractivity contribution < 1.29 is 14.3 Å². The summed E-state index contributed by atoms with van der Waals surface area (Å²) in [6.07, 6.45) is 4.32. The van der Waals surface area contributed by atoms with Gasteiger partial charge in [-0.15, -0.1) is 12.4 Å². The van der Waals surface area contributed by atoms with Crippen LogP contribution >= 0.6 is 24.2 Å². The second-order valence-electron chi connectivity index (χ2n) is 6.36. The predicted octanol–water partition coefficient (Wildman–Crippen LogP) is 3.62. The van der Waals surface area contributed by atoms with Crippen molar-refractivity contribution in [2.24, 2.45) is 5.92 Å². The summed E-state index contributed by atoms with van der Waals surface area (Å²) in [5.74, 6) is 2.13. The summed E-state index contributed by atoms with van der Waals surface area (Å²) in [5, 5.41) is 6.35. The van der Waals surface area contributed by atoms with Gasteiger partial charge >= 0.3 is 5.97 Å². The maximum Gasteiger partial charge on any atom is 0.306 e. The summed E-state index contributed by atoms with van der Waals surface area (Å²) in [4.78, 5) is 23.2. The number of halogens is 1. The Labute approximate surface area is 166 Å². The number of piperidine rings is 1. The molecule has 0 atom stereocenters. The van der Waals surface area contributed by atoms with Crippen molar-refractivity contribution in [3.8, 4) is 0 Å². The molecule has 0 unspecified atom stereocenters. The molecular formula is C19H29ClN2O3S. The van der Waals surface area contributed by atoms with Crippen LogP contribution in [0, 0.1) is 5.92 Å². The van der Waals surface area contributed by atoms with Crippen LogP contribution in [0.2, 0.25) is 0 Å². The highest BCUT2D eigenvalue weighted by Crippen LogP contribution is 2.20. The van der Waals surface area contributed by atoms with Crippen molar-refractivity contribution in [1.82, 2.24) is 5.32 Å². The molecule has 146 valence electrons. The Morgan fingerprint density at radius 1 is 1.27 bits per heavy atom. The molecule has 1 aliphatic rings. The Hall–Kier alpha value is -1.24. The van der Waals surface area contributed by atoms with Crippen LogP contribution in [-0.2, 0) is 20.1 Å². The van der Waals surface area contributed by atoms with Crippen LogP contribution in [0.25, 0.3) is 0 Å². The van der Waals surface area contributed by atoms with Gasteiger partial charge in [-0.05, 0) is 56.0 Å². The van der Waals surface area contributed by atoms with E-state index < -0.39 is 0 Å². The molecule has 0 bridgehead atoms. The van der Waals surface area contributed by atoms with Crippen LogP contribution in [-0.4, -0.2) is 37.8 Å².